The number of aliphatic hydroxyl groups is 1. The Kier molecular flexibility index (Phi) is 11.5. The van der Waals surface area contributed by atoms with Gasteiger partial charge in [0.05, 0.1) is 12.1 Å². The van der Waals surface area contributed by atoms with Crippen LogP contribution in [0.15, 0.2) is 60.7 Å². The first-order valence-electron chi connectivity index (χ1n) is 13.5. The molecule has 214 valence electrons. The summed E-state index contributed by atoms with van der Waals surface area (Å²) in [6.45, 7) is 12.6. The number of benzene rings is 2. The molecule has 2 aromatic carbocycles. The fourth-order valence-corrected chi connectivity index (χ4v) is 4.25. The lowest BCUT2D eigenvalue weighted by Crippen LogP contribution is -2.55. The van der Waals surface area contributed by atoms with Crippen molar-refractivity contribution in [3.63, 3.8) is 0 Å². The van der Waals surface area contributed by atoms with E-state index in [4.69, 9.17) is 4.74 Å². The molecule has 3 amide bonds. The number of hydrogen-bond acceptors (Lipinski definition) is 5. The van der Waals surface area contributed by atoms with Gasteiger partial charge in [-0.3, -0.25) is 9.59 Å². The summed E-state index contributed by atoms with van der Waals surface area (Å²) in [7, 11) is 0. The Balaban J connectivity index is 2.25. The molecular formula is C31H45N3O5. The molecule has 0 aliphatic rings. The number of carbonyl (C=O) groups is 3. The lowest BCUT2D eigenvalue weighted by molar-refractivity contribution is -0.140. The van der Waals surface area contributed by atoms with Gasteiger partial charge >= 0.3 is 6.09 Å². The minimum absolute atomic E-state index is 0.132. The van der Waals surface area contributed by atoms with Gasteiger partial charge in [-0.05, 0) is 65.5 Å². The molecule has 0 aromatic heterocycles. The lowest BCUT2D eigenvalue weighted by atomic mass is 9.98. The van der Waals surface area contributed by atoms with Crippen LogP contribution in [0.4, 0.5) is 4.79 Å². The van der Waals surface area contributed by atoms with Crippen LogP contribution in [0, 0.1) is 0 Å². The van der Waals surface area contributed by atoms with Crippen molar-refractivity contribution in [2.75, 3.05) is 6.54 Å². The summed E-state index contributed by atoms with van der Waals surface area (Å²) in [5, 5.41) is 17.0. The maximum Gasteiger partial charge on any atom is 0.407 e. The predicted molar refractivity (Wildman–Crippen MR) is 153 cm³/mol. The highest BCUT2D eigenvalue weighted by Crippen LogP contribution is 2.16. The van der Waals surface area contributed by atoms with Crippen LogP contribution in [0.2, 0.25) is 0 Å². The van der Waals surface area contributed by atoms with Crippen LogP contribution in [0.25, 0.3) is 0 Å². The molecule has 8 heteroatoms. The number of carbonyl (C=O) groups excluding carboxylic acids is 3. The monoisotopic (exact) mass is 539 g/mol. The van der Waals surface area contributed by atoms with Gasteiger partial charge in [-0.15, -0.1) is 0 Å². The molecule has 0 heterocycles. The summed E-state index contributed by atoms with van der Waals surface area (Å²) in [5.41, 5.74) is 0.689. The Morgan fingerprint density at radius 2 is 1.38 bits per heavy atom. The minimum atomic E-state index is -0.998. The fourth-order valence-electron chi connectivity index (χ4n) is 4.25. The molecule has 8 nitrogen and oxygen atoms in total. The molecule has 3 atom stereocenters. The second-order valence-corrected chi connectivity index (χ2v) is 12.0. The van der Waals surface area contributed by atoms with E-state index in [2.05, 4.69) is 10.6 Å². The van der Waals surface area contributed by atoms with Gasteiger partial charge in [-0.25, -0.2) is 4.79 Å². The average molecular weight is 540 g/mol. The number of ether oxygens (including phenoxy) is 1. The second-order valence-electron chi connectivity index (χ2n) is 12.0. The molecule has 0 saturated carbocycles. The Hall–Kier alpha value is -3.39. The maximum absolute atomic E-state index is 13.4. The van der Waals surface area contributed by atoms with Crippen molar-refractivity contribution in [1.29, 1.82) is 0 Å². The first kappa shape index (κ1) is 31.8. The third kappa shape index (κ3) is 11.9. The van der Waals surface area contributed by atoms with Crippen LogP contribution in [-0.4, -0.2) is 63.8 Å². The molecule has 0 saturated heterocycles. The van der Waals surface area contributed by atoms with Gasteiger partial charge < -0.3 is 25.4 Å². The molecule has 3 N–H and O–H groups in total. The quantitative estimate of drug-likeness (QED) is 0.396. The van der Waals surface area contributed by atoms with Crippen LogP contribution in [0.1, 0.15) is 66.0 Å². The van der Waals surface area contributed by atoms with E-state index >= 15 is 0 Å². The highest BCUT2D eigenvalue weighted by atomic mass is 16.6. The zero-order valence-electron chi connectivity index (χ0n) is 24.4. The second kappa shape index (κ2) is 14.1. The Morgan fingerprint density at radius 3 is 1.85 bits per heavy atom. The summed E-state index contributed by atoms with van der Waals surface area (Å²) >= 11 is 0. The molecule has 0 radical (unpaired) electrons. The van der Waals surface area contributed by atoms with Crippen LogP contribution in [-0.2, 0) is 27.2 Å². The largest absolute Gasteiger partial charge is 0.444 e. The number of nitrogens with zero attached hydrogens (tertiary/aromatic N) is 1. The van der Waals surface area contributed by atoms with Crippen molar-refractivity contribution in [1.82, 2.24) is 15.5 Å². The van der Waals surface area contributed by atoms with Crippen LogP contribution >= 0.6 is 0 Å². The Bertz CT molecular complexity index is 1060. The molecule has 0 aliphatic carbocycles. The van der Waals surface area contributed by atoms with E-state index in [1.807, 2.05) is 81.4 Å². The van der Waals surface area contributed by atoms with Crippen molar-refractivity contribution in [3.8, 4) is 0 Å². The van der Waals surface area contributed by atoms with E-state index in [9.17, 15) is 19.5 Å². The number of nitrogens with one attached hydrogen (secondary N) is 2. The minimum Gasteiger partial charge on any atom is -0.444 e. The van der Waals surface area contributed by atoms with Crippen LogP contribution in [0.3, 0.4) is 0 Å². The Labute approximate surface area is 233 Å². The standard InChI is InChI=1S/C31H45N3O5/c1-22(35)34(26(28(37)33-30(2,3)4)21-24-16-12-9-13-17-24)19-18-27(36)25(20-23-14-10-8-11-15-23)32-29(38)39-31(5,6)7/h8-17,25-27,36H,18-21H2,1-7H3,(H,32,38)(H,33,37)/t25-,26-,27?/m0/s1. The zero-order chi connectivity index (χ0) is 29.2. The van der Waals surface area contributed by atoms with Crippen molar-refractivity contribution in [2.45, 2.75) is 97.1 Å². The van der Waals surface area contributed by atoms with Gasteiger partial charge in [0.2, 0.25) is 11.8 Å². The van der Waals surface area contributed by atoms with Gasteiger partial charge in [0.1, 0.15) is 11.6 Å². The molecule has 0 fully saturated rings. The highest BCUT2D eigenvalue weighted by Gasteiger charge is 2.32. The summed E-state index contributed by atoms with van der Waals surface area (Å²) in [6, 6.07) is 17.6. The van der Waals surface area contributed by atoms with Gasteiger partial charge in [0.15, 0.2) is 0 Å². The number of hydrogen-bond donors (Lipinski definition) is 3. The maximum atomic E-state index is 13.4. The molecular weight excluding hydrogens is 494 g/mol. The highest BCUT2D eigenvalue weighted by molar-refractivity contribution is 5.87. The van der Waals surface area contributed by atoms with E-state index in [1.54, 1.807) is 20.8 Å². The first-order chi connectivity index (χ1) is 18.1. The van der Waals surface area contributed by atoms with Gasteiger partial charge in [-0.2, -0.15) is 0 Å². The van der Waals surface area contributed by atoms with E-state index < -0.39 is 35.4 Å². The van der Waals surface area contributed by atoms with Gasteiger partial charge in [0.25, 0.3) is 0 Å². The molecule has 2 rings (SSSR count). The molecule has 0 bridgehead atoms. The van der Waals surface area contributed by atoms with Crippen LogP contribution < -0.4 is 10.6 Å². The van der Waals surface area contributed by atoms with E-state index in [0.29, 0.717) is 12.8 Å². The first-order valence-corrected chi connectivity index (χ1v) is 13.5. The van der Waals surface area contributed by atoms with Crippen molar-refractivity contribution in [2.24, 2.45) is 0 Å². The van der Waals surface area contributed by atoms with Gasteiger partial charge in [-0.1, -0.05) is 60.7 Å². The average Bonchev–Trinajstić information content (AvgIpc) is 2.81. The lowest BCUT2D eigenvalue weighted by Gasteiger charge is -2.34. The number of alkyl carbamates (subject to hydrolysis) is 1. The smallest absolute Gasteiger partial charge is 0.407 e. The molecule has 39 heavy (non-hydrogen) atoms. The molecule has 0 aliphatic heterocycles. The predicted octanol–water partition coefficient (Wildman–Crippen LogP) is 4.25. The third-order valence-corrected chi connectivity index (χ3v) is 5.98. The summed E-state index contributed by atoms with van der Waals surface area (Å²) < 4.78 is 5.42. The topological polar surface area (TPSA) is 108 Å². The molecule has 1 unspecified atom stereocenters. The van der Waals surface area contributed by atoms with E-state index in [-0.39, 0.29) is 24.8 Å². The number of amides is 3. The summed E-state index contributed by atoms with van der Waals surface area (Å²) in [6.07, 6.45) is -0.762. The number of aliphatic hydroxyl groups excluding tert-OH is 1. The van der Waals surface area contributed by atoms with Crippen molar-refractivity contribution < 1.29 is 24.2 Å². The Morgan fingerprint density at radius 1 is 0.872 bits per heavy atom. The molecule has 2 aromatic rings. The molecule has 0 spiro atoms. The SMILES string of the molecule is CC(=O)N(CCC(O)[C@H](Cc1ccccc1)NC(=O)OC(C)(C)C)[C@@H](Cc1ccccc1)C(=O)NC(C)(C)C. The van der Waals surface area contributed by atoms with Crippen LogP contribution in [0.5, 0.6) is 0 Å². The summed E-state index contributed by atoms with van der Waals surface area (Å²) in [4.78, 5) is 40.3. The van der Waals surface area contributed by atoms with E-state index in [0.717, 1.165) is 11.1 Å². The fraction of sp³-hybridized carbons (Fsp3) is 0.516. The number of rotatable bonds is 11. The van der Waals surface area contributed by atoms with E-state index in [1.165, 1.54) is 11.8 Å². The zero-order valence-corrected chi connectivity index (χ0v) is 24.4. The van der Waals surface area contributed by atoms with Crippen molar-refractivity contribution >= 4 is 17.9 Å². The summed E-state index contributed by atoms with van der Waals surface area (Å²) in [5.74, 6) is -0.532. The third-order valence-electron chi connectivity index (χ3n) is 5.98. The van der Waals surface area contributed by atoms with Crippen molar-refractivity contribution in [3.05, 3.63) is 71.8 Å². The van der Waals surface area contributed by atoms with Gasteiger partial charge in [0, 0.05) is 25.4 Å². The normalized spacial score (nSPS) is 14.1.